The number of rotatable bonds is 11. The average molecular weight is 376 g/mol. The Morgan fingerprint density at radius 2 is 1.81 bits per heavy atom. The molecule has 1 amide bonds. The van der Waals surface area contributed by atoms with Crippen LogP contribution < -0.4 is 10.1 Å². The van der Waals surface area contributed by atoms with Gasteiger partial charge in [-0.25, -0.2) is 0 Å². The molecule has 1 heterocycles. The fourth-order valence-corrected chi connectivity index (χ4v) is 3.22. The lowest BCUT2D eigenvalue weighted by Crippen LogP contribution is -2.19. The average Bonchev–Trinajstić information content (AvgIpc) is 3.08. The number of hydrogen-bond donors (Lipinski definition) is 1. The topological polar surface area (TPSA) is 63.1 Å². The molecule has 1 saturated heterocycles. The number of carbonyl (C=O) groups excluding carboxylic acids is 1. The second-order valence-corrected chi connectivity index (χ2v) is 7.39. The number of ether oxygens (including phenoxy) is 1. The zero-order valence-corrected chi connectivity index (χ0v) is 16.6. The van der Waals surface area contributed by atoms with Gasteiger partial charge in [0.05, 0.1) is 18.1 Å². The van der Waals surface area contributed by atoms with Gasteiger partial charge in [0.2, 0.25) is 5.91 Å². The molecule has 1 N–H and O–H groups in total. The SMILES string of the molecule is CCCCCCCCCOc1ccc(/C(C)=N/N=C2\NC(=O)CS2)cc1. The highest BCUT2D eigenvalue weighted by molar-refractivity contribution is 8.15. The van der Waals surface area contributed by atoms with Gasteiger partial charge in [0.25, 0.3) is 0 Å². The van der Waals surface area contributed by atoms with Crippen LogP contribution in [0.1, 0.15) is 64.4 Å². The Morgan fingerprint density at radius 3 is 2.46 bits per heavy atom. The highest BCUT2D eigenvalue weighted by Gasteiger charge is 2.16. The summed E-state index contributed by atoms with van der Waals surface area (Å²) in [7, 11) is 0. The summed E-state index contributed by atoms with van der Waals surface area (Å²) in [5.74, 6) is 1.28. The Hall–Kier alpha value is -1.82. The summed E-state index contributed by atoms with van der Waals surface area (Å²) in [4.78, 5) is 11.1. The Kier molecular flexibility index (Phi) is 9.24. The van der Waals surface area contributed by atoms with E-state index in [4.69, 9.17) is 4.74 Å². The Morgan fingerprint density at radius 1 is 1.12 bits per heavy atom. The van der Waals surface area contributed by atoms with Gasteiger partial charge in [-0.2, -0.15) is 5.10 Å². The molecule has 1 aliphatic heterocycles. The third-order valence-electron chi connectivity index (χ3n) is 4.17. The molecule has 6 heteroatoms. The van der Waals surface area contributed by atoms with Crippen molar-refractivity contribution in [1.29, 1.82) is 0 Å². The van der Waals surface area contributed by atoms with Gasteiger partial charge in [-0.1, -0.05) is 57.2 Å². The van der Waals surface area contributed by atoms with Crippen molar-refractivity contribution in [1.82, 2.24) is 5.32 Å². The number of unbranched alkanes of at least 4 members (excludes halogenated alkanes) is 6. The van der Waals surface area contributed by atoms with Gasteiger partial charge >= 0.3 is 0 Å². The van der Waals surface area contributed by atoms with E-state index < -0.39 is 0 Å². The first kappa shape index (κ1) is 20.5. The van der Waals surface area contributed by atoms with Crippen molar-refractivity contribution < 1.29 is 9.53 Å². The number of hydrogen-bond acceptors (Lipinski definition) is 5. The molecule has 0 aromatic heterocycles. The Labute approximate surface area is 160 Å². The molecular weight excluding hydrogens is 346 g/mol. The maximum absolute atomic E-state index is 11.1. The van der Waals surface area contributed by atoms with E-state index in [-0.39, 0.29) is 5.91 Å². The molecule has 1 aliphatic rings. The molecule has 0 aliphatic carbocycles. The molecule has 26 heavy (non-hydrogen) atoms. The number of amides is 1. The second-order valence-electron chi connectivity index (χ2n) is 6.42. The zero-order chi connectivity index (χ0) is 18.6. The Bertz CT molecular complexity index is 626. The lowest BCUT2D eigenvalue weighted by molar-refractivity contribution is -0.116. The summed E-state index contributed by atoms with van der Waals surface area (Å²) in [6, 6.07) is 7.91. The highest BCUT2D eigenvalue weighted by atomic mass is 32.2. The van der Waals surface area contributed by atoms with Gasteiger partial charge in [0, 0.05) is 0 Å². The first-order valence-electron chi connectivity index (χ1n) is 9.47. The monoisotopic (exact) mass is 375 g/mol. The van der Waals surface area contributed by atoms with Crippen molar-refractivity contribution in [2.24, 2.45) is 10.2 Å². The van der Waals surface area contributed by atoms with Crippen LogP contribution in [0.15, 0.2) is 34.5 Å². The molecule has 0 bridgehead atoms. The normalized spacial score (nSPS) is 16.2. The van der Waals surface area contributed by atoms with Crippen LogP contribution in [0, 0.1) is 0 Å². The summed E-state index contributed by atoms with van der Waals surface area (Å²) in [5, 5.41) is 11.5. The summed E-state index contributed by atoms with van der Waals surface area (Å²) in [6.45, 7) is 4.92. The lowest BCUT2D eigenvalue weighted by Gasteiger charge is -2.07. The molecule has 0 atom stereocenters. The standard InChI is InChI=1S/C20H29N3O2S/c1-3-4-5-6-7-8-9-14-25-18-12-10-17(11-13-18)16(2)22-23-20-21-19(24)15-26-20/h10-13H,3-9,14-15H2,1-2H3,(H,21,23,24)/b22-16+. The molecule has 1 aromatic rings. The van der Waals surface area contributed by atoms with Gasteiger partial charge in [-0.05, 0) is 43.2 Å². The molecule has 2 rings (SSSR count). The minimum Gasteiger partial charge on any atom is -0.494 e. The lowest BCUT2D eigenvalue weighted by atomic mass is 10.1. The predicted octanol–water partition coefficient (Wildman–Crippen LogP) is 4.76. The fourth-order valence-electron chi connectivity index (χ4n) is 2.60. The van der Waals surface area contributed by atoms with Crippen LogP contribution in [0.3, 0.4) is 0 Å². The first-order chi connectivity index (χ1) is 12.7. The molecule has 1 fully saturated rings. The quantitative estimate of drug-likeness (QED) is 0.344. The van der Waals surface area contributed by atoms with Crippen molar-refractivity contribution in [3.8, 4) is 5.75 Å². The number of carbonyl (C=O) groups is 1. The fraction of sp³-hybridized carbons (Fsp3) is 0.550. The van der Waals surface area contributed by atoms with Crippen LogP contribution in [-0.4, -0.2) is 29.1 Å². The van der Waals surface area contributed by atoms with Crippen molar-refractivity contribution in [2.75, 3.05) is 12.4 Å². The number of nitrogens with zero attached hydrogens (tertiary/aromatic N) is 2. The van der Waals surface area contributed by atoms with Crippen LogP contribution in [0.25, 0.3) is 0 Å². The van der Waals surface area contributed by atoms with Crippen molar-refractivity contribution in [2.45, 2.75) is 58.8 Å². The minimum absolute atomic E-state index is 0.0240. The summed E-state index contributed by atoms with van der Waals surface area (Å²) in [6.07, 6.45) is 9.00. The van der Waals surface area contributed by atoms with E-state index in [0.717, 1.165) is 30.1 Å². The van der Waals surface area contributed by atoms with Crippen LogP contribution in [0.4, 0.5) is 0 Å². The molecule has 1 aromatic carbocycles. The van der Waals surface area contributed by atoms with Gasteiger partial charge in [-0.15, -0.1) is 5.10 Å². The minimum atomic E-state index is -0.0240. The molecule has 0 radical (unpaired) electrons. The molecule has 142 valence electrons. The number of thioether (sulfide) groups is 1. The smallest absolute Gasteiger partial charge is 0.236 e. The zero-order valence-electron chi connectivity index (χ0n) is 15.8. The first-order valence-corrected chi connectivity index (χ1v) is 10.5. The van der Waals surface area contributed by atoms with Gasteiger partial charge in [0.15, 0.2) is 5.17 Å². The third kappa shape index (κ3) is 7.60. The van der Waals surface area contributed by atoms with E-state index in [1.54, 1.807) is 0 Å². The van der Waals surface area contributed by atoms with Crippen LogP contribution in [-0.2, 0) is 4.79 Å². The molecule has 5 nitrogen and oxygen atoms in total. The van der Waals surface area contributed by atoms with Crippen LogP contribution in [0.2, 0.25) is 0 Å². The van der Waals surface area contributed by atoms with E-state index in [1.807, 2.05) is 31.2 Å². The van der Waals surface area contributed by atoms with Crippen molar-refractivity contribution in [3.05, 3.63) is 29.8 Å². The maximum Gasteiger partial charge on any atom is 0.236 e. The van der Waals surface area contributed by atoms with Gasteiger partial charge in [0.1, 0.15) is 5.75 Å². The van der Waals surface area contributed by atoms with E-state index in [0.29, 0.717) is 10.9 Å². The largest absolute Gasteiger partial charge is 0.494 e. The van der Waals surface area contributed by atoms with Gasteiger partial charge in [-0.3, -0.25) is 4.79 Å². The van der Waals surface area contributed by atoms with Crippen LogP contribution >= 0.6 is 11.8 Å². The number of benzene rings is 1. The summed E-state index contributed by atoms with van der Waals surface area (Å²) < 4.78 is 5.80. The molecular formula is C20H29N3O2S. The summed E-state index contributed by atoms with van der Waals surface area (Å²) in [5.41, 5.74) is 1.80. The maximum atomic E-state index is 11.1. The molecule has 0 unspecified atom stereocenters. The van der Waals surface area contributed by atoms with Crippen LogP contribution in [0.5, 0.6) is 5.75 Å². The Balaban J connectivity index is 1.69. The summed E-state index contributed by atoms with van der Waals surface area (Å²) >= 11 is 1.37. The van der Waals surface area contributed by atoms with E-state index >= 15 is 0 Å². The second kappa shape index (κ2) is 11.7. The van der Waals surface area contributed by atoms with Crippen molar-refractivity contribution in [3.63, 3.8) is 0 Å². The number of nitrogens with one attached hydrogen (secondary N) is 1. The van der Waals surface area contributed by atoms with Gasteiger partial charge < -0.3 is 10.1 Å². The highest BCUT2D eigenvalue weighted by Crippen LogP contribution is 2.15. The molecule has 0 spiro atoms. The van der Waals surface area contributed by atoms with Crippen molar-refractivity contribution >= 4 is 28.5 Å². The van der Waals surface area contributed by atoms with E-state index in [2.05, 4.69) is 22.4 Å². The van der Waals surface area contributed by atoms with E-state index in [1.165, 1.54) is 50.3 Å². The third-order valence-corrected chi connectivity index (χ3v) is 5.03. The predicted molar refractivity (Wildman–Crippen MR) is 110 cm³/mol. The number of amidine groups is 1. The molecule has 0 saturated carbocycles. The van der Waals surface area contributed by atoms with E-state index in [9.17, 15) is 4.79 Å².